The van der Waals surface area contributed by atoms with E-state index in [0.717, 1.165) is 5.76 Å². The molecule has 0 aliphatic carbocycles. The normalized spacial score (nSPS) is 10.7. The van der Waals surface area contributed by atoms with Gasteiger partial charge in [0.15, 0.2) is 0 Å². The number of furan rings is 1. The van der Waals surface area contributed by atoms with Crippen molar-refractivity contribution < 1.29 is 9.15 Å². The van der Waals surface area contributed by atoms with Gasteiger partial charge in [0.05, 0.1) is 12.4 Å². The lowest BCUT2D eigenvalue weighted by Gasteiger charge is -2.03. The maximum atomic E-state index is 5.29. The smallest absolute Gasteiger partial charge is 0.129 e. The van der Waals surface area contributed by atoms with Crippen LogP contribution in [-0.2, 0) is 11.3 Å². The van der Waals surface area contributed by atoms with Crippen molar-refractivity contribution in [3.63, 3.8) is 0 Å². The van der Waals surface area contributed by atoms with Gasteiger partial charge in [0.2, 0.25) is 0 Å². The summed E-state index contributed by atoms with van der Waals surface area (Å²) in [7, 11) is 0. The van der Waals surface area contributed by atoms with Crippen molar-refractivity contribution in [3.05, 3.63) is 24.2 Å². The quantitative estimate of drug-likeness (QED) is 0.642. The number of ether oxygens (including phenoxy) is 1. The lowest BCUT2D eigenvalue weighted by atomic mass is 10.4. The minimum Gasteiger partial charge on any atom is -0.467 e. The molecule has 0 radical (unpaired) electrons. The van der Waals surface area contributed by atoms with E-state index in [1.54, 1.807) is 6.26 Å². The highest BCUT2D eigenvalue weighted by molar-refractivity contribution is 4.96. The Morgan fingerprint density at radius 1 is 1.60 bits per heavy atom. The molecular formula is C8H12O2. The van der Waals surface area contributed by atoms with Crippen molar-refractivity contribution in [1.82, 2.24) is 0 Å². The molecule has 2 heteroatoms. The van der Waals surface area contributed by atoms with Crippen molar-refractivity contribution in [3.8, 4) is 0 Å². The van der Waals surface area contributed by atoms with E-state index >= 15 is 0 Å². The van der Waals surface area contributed by atoms with Crippen LogP contribution in [0.5, 0.6) is 0 Å². The zero-order valence-corrected chi connectivity index (χ0v) is 6.33. The van der Waals surface area contributed by atoms with Crippen LogP contribution < -0.4 is 0 Å². The summed E-state index contributed by atoms with van der Waals surface area (Å²) in [5, 5.41) is 0. The second-order valence-corrected chi connectivity index (χ2v) is 2.44. The van der Waals surface area contributed by atoms with Gasteiger partial charge >= 0.3 is 0 Å². The standard InChI is InChI=1S/C8H12O2/c1-7(2)10-6-8-4-3-5-9-8/h3-5,7H,6H2,1-2H3. The van der Waals surface area contributed by atoms with Crippen LogP contribution in [0, 0.1) is 0 Å². The first kappa shape index (κ1) is 7.35. The molecule has 0 fully saturated rings. The van der Waals surface area contributed by atoms with E-state index in [9.17, 15) is 0 Å². The van der Waals surface area contributed by atoms with E-state index in [-0.39, 0.29) is 6.10 Å². The van der Waals surface area contributed by atoms with Gasteiger partial charge in [-0.2, -0.15) is 0 Å². The molecule has 1 rings (SSSR count). The van der Waals surface area contributed by atoms with Gasteiger partial charge < -0.3 is 9.15 Å². The lowest BCUT2D eigenvalue weighted by Crippen LogP contribution is -2.01. The highest BCUT2D eigenvalue weighted by Crippen LogP contribution is 2.03. The average Bonchev–Trinajstić information content (AvgIpc) is 2.34. The van der Waals surface area contributed by atoms with Gasteiger partial charge in [-0.05, 0) is 26.0 Å². The molecular weight excluding hydrogens is 128 g/mol. The van der Waals surface area contributed by atoms with Crippen LogP contribution in [0.3, 0.4) is 0 Å². The fourth-order valence-corrected chi connectivity index (χ4v) is 0.644. The molecule has 0 N–H and O–H groups in total. The Balaban J connectivity index is 2.28. The van der Waals surface area contributed by atoms with Gasteiger partial charge in [-0.1, -0.05) is 0 Å². The summed E-state index contributed by atoms with van der Waals surface area (Å²) in [6.45, 7) is 4.58. The van der Waals surface area contributed by atoms with Gasteiger partial charge in [-0.15, -0.1) is 0 Å². The van der Waals surface area contributed by atoms with Crippen LogP contribution in [0.15, 0.2) is 22.8 Å². The molecule has 0 aromatic carbocycles. The Hall–Kier alpha value is -0.760. The Bertz CT molecular complexity index is 165. The van der Waals surface area contributed by atoms with Crippen LogP contribution in [0.25, 0.3) is 0 Å². The van der Waals surface area contributed by atoms with E-state index in [2.05, 4.69) is 0 Å². The summed E-state index contributed by atoms with van der Waals surface area (Å²) in [4.78, 5) is 0. The third kappa shape index (κ3) is 2.23. The van der Waals surface area contributed by atoms with Crippen LogP contribution in [-0.4, -0.2) is 6.10 Å². The maximum absolute atomic E-state index is 5.29. The van der Waals surface area contributed by atoms with Crippen molar-refractivity contribution in [1.29, 1.82) is 0 Å². The largest absolute Gasteiger partial charge is 0.467 e. The van der Waals surface area contributed by atoms with Gasteiger partial charge in [0.1, 0.15) is 12.4 Å². The molecule has 0 saturated heterocycles. The Labute approximate surface area is 60.8 Å². The van der Waals surface area contributed by atoms with Gasteiger partial charge in [0, 0.05) is 0 Å². The Morgan fingerprint density at radius 2 is 2.40 bits per heavy atom. The van der Waals surface area contributed by atoms with Crippen LogP contribution in [0.2, 0.25) is 0 Å². The van der Waals surface area contributed by atoms with E-state index in [1.165, 1.54) is 0 Å². The molecule has 0 unspecified atom stereocenters. The average molecular weight is 140 g/mol. The molecule has 1 heterocycles. The SMILES string of the molecule is CC(C)OCc1ccco1. The Morgan fingerprint density at radius 3 is 2.90 bits per heavy atom. The first-order chi connectivity index (χ1) is 4.79. The van der Waals surface area contributed by atoms with E-state index in [1.807, 2.05) is 26.0 Å². The predicted molar refractivity (Wildman–Crippen MR) is 38.6 cm³/mol. The molecule has 0 aliphatic heterocycles. The molecule has 0 amide bonds. The molecule has 0 aliphatic rings. The zero-order valence-electron chi connectivity index (χ0n) is 6.33. The molecule has 56 valence electrons. The lowest BCUT2D eigenvalue weighted by molar-refractivity contribution is 0.0545. The topological polar surface area (TPSA) is 22.4 Å². The van der Waals surface area contributed by atoms with Gasteiger partial charge in [-0.3, -0.25) is 0 Å². The third-order valence-electron chi connectivity index (χ3n) is 1.14. The monoisotopic (exact) mass is 140 g/mol. The fraction of sp³-hybridized carbons (Fsp3) is 0.500. The molecule has 0 atom stereocenters. The van der Waals surface area contributed by atoms with E-state index in [0.29, 0.717) is 6.61 Å². The van der Waals surface area contributed by atoms with E-state index < -0.39 is 0 Å². The van der Waals surface area contributed by atoms with Crippen LogP contribution in [0.4, 0.5) is 0 Å². The zero-order chi connectivity index (χ0) is 7.40. The van der Waals surface area contributed by atoms with Gasteiger partial charge in [-0.25, -0.2) is 0 Å². The minimum atomic E-state index is 0.269. The van der Waals surface area contributed by atoms with E-state index in [4.69, 9.17) is 9.15 Å². The Kier molecular flexibility index (Phi) is 2.51. The molecule has 0 bridgehead atoms. The summed E-state index contributed by atoms with van der Waals surface area (Å²) in [5.41, 5.74) is 0. The van der Waals surface area contributed by atoms with Gasteiger partial charge in [0.25, 0.3) is 0 Å². The summed E-state index contributed by atoms with van der Waals surface area (Å²) < 4.78 is 10.4. The molecule has 2 nitrogen and oxygen atoms in total. The minimum absolute atomic E-state index is 0.269. The fourth-order valence-electron chi connectivity index (χ4n) is 0.644. The molecule has 1 aromatic heterocycles. The number of hydrogen-bond acceptors (Lipinski definition) is 2. The van der Waals surface area contributed by atoms with Crippen molar-refractivity contribution in [2.75, 3.05) is 0 Å². The molecule has 1 aromatic rings. The van der Waals surface area contributed by atoms with Crippen LogP contribution in [0.1, 0.15) is 19.6 Å². The second-order valence-electron chi connectivity index (χ2n) is 2.44. The van der Waals surface area contributed by atoms with Crippen LogP contribution >= 0.6 is 0 Å². The first-order valence-electron chi connectivity index (χ1n) is 3.43. The summed E-state index contributed by atoms with van der Waals surface area (Å²) in [5.74, 6) is 0.883. The van der Waals surface area contributed by atoms with Crippen molar-refractivity contribution in [2.45, 2.75) is 26.6 Å². The second kappa shape index (κ2) is 3.42. The molecule has 0 saturated carbocycles. The van der Waals surface area contributed by atoms with Crippen molar-refractivity contribution in [2.24, 2.45) is 0 Å². The molecule has 10 heavy (non-hydrogen) atoms. The molecule has 0 spiro atoms. The van der Waals surface area contributed by atoms with Crippen molar-refractivity contribution >= 4 is 0 Å². The number of rotatable bonds is 3. The summed E-state index contributed by atoms with van der Waals surface area (Å²) in [6, 6.07) is 3.77. The highest BCUT2D eigenvalue weighted by Gasteiger charge is 1.96. The highest BCUT2D eigenvalue weighted by atomic mass is 16.5. The third-order valence-corrected chi connectivity index (χ3v) is 1.14. The summed E-state index contributed by atoms with van der Waals surface area (Å²) in [6.07, 6.45) is 1.92. The maximum Gasteiger partial charge on any atom is 0.129 e. The first-order valence-corrected chi connectivity index (χ1v) is 3.43. The number of hydrogen-bond donors (Lipinski definition) is 0. The summed E-state index contributed by atoms with van der Waals surface area (Å²) >= 11 is 0. The predicted octanol–water partition coefficient (Wildman–Crippen LogP) is 2.20.